The molecule has 1 aliphatic heterocycles. The van der Waals surface area contributed by atoms with Crippen molar-refractivity contribution in [2.24, 2.45) is 5.73 Å². The van der Waals surface area contributed by atoms with Crippen LogP contribution in [0.4, 0.5) is 10.1 Å². The Hall–Kier alpha value is -1.39. The normalized spacial score (nSPS) is 18.5. The van der Waals surface area contributed by atoms with Gasteiger partial charge in [-0.15, -0.1) is 11.3 Å². The molecule has 0 radical (unpaired) electrons. The van der Waals surface area contributed by atoms with Crippen molar-refractivity contribution in [1.82, 2.24) is 0 Å². The van der Waals surface area contributed by atoms with Gasteiger partial charge in [0.2, 0.25) is 0 Å². The zero-order valence-electron chi connectivity index (χ0n) is 10.9. The van der Waals surface area contributed by atoms with Gasteiger partial charge in [0.1, 0.15) is 5.82 Å². The lowest BCUT2D eigenvalue weighted by Gasteiger charge is -2.36. The van der Waals surface area contributed by atoms with Gasteiger partial charge in [-0.25, -0.2) is 4.39 Å². The van der Waals surface area contributed by atoms with Crippen LogP contribution >= 0.6 is 11.3 Å². The minimum absolute atomic E-state index is 0.173. The van der Waals surface area contributed by atoms with Gasteiger partial charge >= 0.3 is 0 Å². The average Bonchev–Trinajstić information content (AvgIpc) is 2.89. The average molecular weight is 276 g/mol. The van der Waals surface area contributed by atoms with Gasteiger partial charge in [-0.2, -0.15) is 0 Å². The molecule has 0 fully saturated rings. The smallest absolute Gasteiger partial charge is 0.146 e. The fraction of sp³-hybridized carbons (Fsp3) is 0.333. The molecule has 0 amide bonds. The molecule has 1 aromatic heterocycles. The van der Waals surface area contributed by atoms with Gasteiger partial charge in [-0.1, -0.05) is 12.1 Å². The van der Waals surface area contributed by atoms with E-state index in [0.29, 0.717) is 12.2 Å². The van der Waals surface area contributed by atoms with E-state index in [1.807, 2.05) is 6.07 Å². The Morgan fingerprint density at radius 3 is 3.05 bits per heavy atom. The Morgan fingerprint density at radius 2 is 2.26 bits per heavy atom. The summed E-state index contributed by atoms with van der Waals surface area (Å²) in [6, 6.07) is 7.52. The number of halogens is 1. The third-order valence-corrected chi connectivity index (χ3v) is 4.85. The lowest BCUT2D eigenvalue weighted by molar-refractivity contribution is 0.579. The van der Waals surface area contributed by atoms with Gasteiger partial charge in [0.15, 0.2) is 0 Å². The van der Waals surface area contributed by atoms with Crippen molar-refractivity contribution in [2.75, 3.05) is 11.4 Å². The summed E-state index contributed by atoms with van der Waals surface area (Å²) < 4.78 is 14.2. The number of nitrogens with zero attached hydrogens (tertiary/aromatic N) is 1. The number of anilines is 1. The Bertz CT molecular complexity index is 594. The molecule has 100 valence electrons. The van der Waals surface area contributed by atoms with Gasteiger partial charge in [0.25, 0.3) is 0 Å². The van der Waals surface area contributed by atoms with Gasteiger partial charge in [-0.05, 0) is 42.0 Å². The van der Waals surface area contributed by atoms with Crippen LogP contribution < -0.4 is 10.6 Å². The Morgan fingerprint density at radius 1 is 1.42 bits per heavy atom. The van der Waals surface area contributed by atoms with Crippen molar-refractivity contribution < 1.29 is 4.39 Å². The van der Waals surface area contributed by atoms with Crippen LogP contribution in [0.15, 0.2) is 29.6 Å². The van der Waals surface area contributed by atoms with Gasteiger partial charge in [0.05, 0.1) is 11.7 Å². The molecule has 4 heteroatoms. The summed E-state index contributed by atoms with van der Waals surface area (Å²) in [5.41, 5.74) is 8.63. The van der Waals surface area contributed by atoms with Crippen molar-refractivity contribution >= 4 is 17.0 Å². The number of hydrogen-bond donors (Lipinski definition) is 1. The summed E-state index contributed by atoms with van der Waals surface area (Å²) in [7, 11) is 0. The van der Waals surface area contributed by atoms with Crippen molar-refractivity contribution in [3.05, 3.63) is 51.5 Å². The lowest BCUT2D eigenvalue weighted by atomic mass is 9.99. The Balaban J connectivity index is 2.05. The molecule has 1 aliphatic rings. The second-order valence-corrected chi connectivity index (χ2v) is 5.87. The minimum Gasteiger partial charge on any atom is -0.362 e. The molecular formula is C15H17FN2S. The zero-order valence-corrected chi connectivity index (χ0v) is 11.7. The van der Waals surface area contributed by atoms with Crippen LogP contribution in [0, 0.1) is 5.82 Å². The predicted octanol–water partition coefficient (Wildman–Crippen LogP) is 3.47. The molecule has 0 spiro atoms. The second-order valence-electron chi connectivity index (χ2n) is 4.87. The van der Waals surface area contributed by atoms with Crippen molar-refractivity contribution in [3.63, 3.8) is 0 Å². The highest BCUT2D eigenvalue weighted by molar-refractivity contribution is 7.10. The SMILES string of the molecule is CC1c2ccsc2CCN1c1c(F)cccc1CN. The molecule has 3 rings (SSSR count). The number of nitrogens with two attached hydrogens (primary N) is 1. The molecule has 2 N–H and O–H groups in total. The first-order valence-electron chi connectivity index (χ1n) is 6.52. The first-order valence-corrected chi connectivity index (χ1v) is 7.40. The summed E-state index contributed by atoms with van der Waals surface area (Å²) in [6.07, 6.45) is 0.982. The van der Waals surface area contributed by atoms with Crippen LogP contribution in [0.3, 0.4) is 0 Å². The number of para-hydroxylation sites is 1. The van der Waals surface area contributed by atoms with Gasteiger partial charge in [-0.3, -0.25) is 0 Å². The van der Waals surface area contributed by atoms with E-state index in [-0.39, 0.29) is 11.9 Å². The highest BCUT2D eigenvalue weighted by atomic mass is 32.1. The van der Waals surface area contributed by atoms with Crippen molar-refractivity contribution in [3.8, 4) is 0 Å². The summed E-state index contributed by atoms with van der Waals surface area (Å²) in [5.74, 6) is -0.173. The fourth-order valence-corrected chi connectivity index (χ4v) is 3.82. The standard InChI is InChI=1S/C15H17FN2S/c1-10-12-6-8-19-14(12)5-7-18(10)15-11(9-17)3-2-4-13(15)16/h2-4,6,8,10H,5,7,9,17H2,1H3. The zero-order chi connectivity index (χ0) is 13.4. The first kappa shape index (κ1) is 12.6. The van der Waals surface area contributed by atoms with E-state index in [1.165, 1.54) is 16.5 Å². The lowest BCUT2D eigenvalue weighted by Crippen LogP contribution is -2.34. The maximum absolute atomic E-state index is 14.2. The predicted molar refractivity (Wildman–Crippen MR) is 78.1 cm³/mol. The molecule has 0 saturated heterocycles. The first-order chi connectivity index (χ1) is 9.22. The molecule has 1 atom stereocenters. The van der Waals surface area contributed by atoms with Gasteiger partial charge < -0.3 is 10.6 Å². The van der Waals surface area contributed by atoms with E-state index in [1.54, 1.807) is 17.4 Å². The molecule has 2 aromatic rings. The van der Waals surface area contributed by atoms with E-state index in [4.69, 9.17) is 5.73 Å². The van der Waals surface area contributed by atoms with Crippen LogP contribution in [-0.2, 0) is 13.0 Å². The van der Waals surface area contributed by atoms with Crippen molar-refractivity contribution in [1.29, 1.82) is 0 Å². The molecular weight excluding hydrogens is 259 g/mol. The van der Waals surface area contributed by atoms with E-state index in [2.05, 4.69) is 23.3 Å². The van der Waals surface area contributed by atoms with Crippen LogP contribution in [0.5, 0.6) is 0 Å². The molecule has 0 bridgehead atoms. The maximum atomic E-state index is 14.2. The summed E-state index contributed by atoms with van der Waals surface area (Å²) in [6.45, 7) is 3.35. The topological polar surface area (TPSA) is 29.3 Å². The third kappa shape index (κ3) is 2.05. The number of fused-ring (bicyclic) bond motifs is 1. The van der Waals surface area contributed by atoms with Crippen LogP contribution in [0.1, 0.15) is 29.0 Å². The van der Waals surface area contributed by atoms with Crippen LogP contribution in [0.2, 0.25) is 0 Å². The molecule has 1 aromatic carbocycles. The van der Waals surface area contributed by atoms with Crippen LogP contribution in [-0.4, -0.2) is 6.54 Å². The third-order valence-electron chi connectivity index (χ3n) is 3.85. The summed E-state index contributed by atoms with van der Waals surface area (Å²) in [4.78, 5) is 3.57. The quantitative estimate of drug-likeness (QED) is 0.910. The molecule has 2 heterocycles. The molecule has 1 unspecified atom stereocenters. The number of thiophene rings is 1. The molecule has 2 nitrogen and oxygen atoms in total. The second kappa shape index (κ2) is 4.94. The van der Waals surface area contributed by atoms with Crippen molar-refractivity contribution in [2.45, 2.75) is 25.9 Å². The number of rotatable bonds is 2. The Labute approximate surface area is 116 Å². The fourth-order valence-electron chi connectivity index (χ4n) is 2.86. The van der Waals surface area contributed by atoms with E-state index < -0.39 is 0 Å². The van der Waals surface area contributed by atoms with E-state index in [0.717, 1.165) is 18.5 Å². The number of benzene rings is 1. The summed E-state index contributed by atoms with van der Waals surface area (Å²) >= 11 is 1.80. The minimum atomic E-state index is -0.173. The largest absolute Gasteiger partial charge is 0.362 e. The maximum Gasteiger partial charge on any atom is 0.146 e. The molecule has 0 aliphatic carbocycles. The van der Waals surface area contributed by atoms with Crippen LogP contribution in [0.25, 0.3) is 0 Å². The summed E-state index contributed by atoms with van der Waals surface area (Å²) in [5, 5.41) is 2.12. The monoisotopic (exact) mass is 276 g/mol. The highest BCUT2D eigenvalue weighted by Crippen LogP contribution is 2.38. The molecule has 19 heavy (non-hydrogen) atoms. The Kier molecular flexibility index (Phi) is 3.29. The van der Waals surface area contributed by atoms with Gasteiger partial charge in [0, 0.05) is 18.0 Å². The van der Waals surface area contributed by atoms with E-state index >= 15 is 0 Å². The highest BCUT2D eigenvalue weighted by Gasteiger charge is 2.27. The van der Waals surface area contributed by atoms with E-state index in [9.17, 15) is 4.39 Å². The molecule has 0 saturated carbocycles. The number of hydrogen-bond acceptors (Lipinski definition) is 3.